The molecule has 0 bridgehead atoms. The van der Waals surface area contributed by atoms with Crippen molar-refractivity contribution in [3.63, 3.8) is 0 Å². The van der Waals surface area contributed by atoms with E-state index < -0.39 is 6.10 Å². The predicted octanol–water partition coefficient (Wildman–Crippen LogP) is 3.93. The zero-order chi connectivity index (χ0) is 18.2. The number of rotatable bonds is 8. The average molecular weight is 346 g/mol. The van der Waals surface area contributed by atoms with Crippen LogP contribution < -0.4 is 10.6 Å². The Labute approximate surface area is 155 Å². The van der Waals surface area contributed by atoms with Crippen LogP contribution in [0.5, 0.6) is 0 Å². The molecule has 0 amide bonds. The van der Waals surface area contributed by atoms with Crippen molar-refractivity contribution >= 4 is 5.69 Å². The smallest absolute Gasteiger partial charge is 0.0964 e. The lowest BCUT2D eigenvalue weighted by molar-refractivity contribution is 0.183. The van der Waals surface area contributed by atoms with Crippen LogP contribution in [0.4, 0.5) is 5.69 Å². The zero-order valence-electron chi connectivity index (χ0n) is 15.0. The molecule has 3 heteroatoms. The summed E-state index contributed by atoms with van der Waals surface area (Å²) in [6.45, 7) is 1.94. The molecule has 1 unspecified atom stereocenters. The molecule has 0 spiro atoms. The fourth-order valence-electron chi connectivity index (χ4n) is 3.09. The Kier molecular flexibility index (Phi) is 6.42. The van der Waals surface area contributed by atoms with Gasteiger partial charge >= 0.3 is 0 Å². The van der Waals surface area contributed by atoms with Gasteiger partial charge in [0, 0.05) is 18.8 Å². The van der Waals surface area contributed by atoms with Crippen molar-refractivity contribution in [2.24, 2.45) is 5.73 Å². The third-order valence-electron chi connectivity index (χ3n) is 4.53. The second-order valence-corrected chi connectivity index (χ2v) is 6.50. The fraction of sp³-hybridized carbons (Fsp3) is 0.217. The first-order valence-electron chi connectivity index (χ1n) is 9.07. The van der Waals surface area contributed by atoms with Gasteiger partial charge in [0.05, 0.1) is 6.10 Å². The monoisotopic (exact) mass is 346 g/mol. The number of aliphatic hydroxyl groups excluding tert-OH is 1. The van der Waals surface area contributed by atoms with Crippen molar-refractivity contribution in [3.8, 4) is 0 Å². The summed E-state index contributed by atoms with van der Waals surface area (Å²) >= 11 is 0. The van der Waals surface area contributed by atoms with Crippen LogP contribution in [0, 0.1) is 0 Å². The van der Waals surface area contributed by atoms with Crippen molar-refractivity contribution in [1.29, 1.82) is 0 Å². The predicted molar refractivity (Wildman–Crippen MR) is 108 cm³/mol. The maximum absolute atomic E-state index is 10.7. The molecule has 26 heavy (non-hydrogen) atoms. The number of benzene rings is 3. The van der Waals surface area contributed by atoms with Crippen LogP contribution in [0.2, 0.25) is 0 Å². The van der Waals surface area contributed by atoms with Gasteiger partial charge in [-0.25, -0.2) is 0 Å². The molecule has 0 saturated carbocycles. The van der Waals surface area contributed by atoms with Crippen molar-refractivity contribution < 1.29 is 5.11 Å². The second kappa shape index (κ2) is 9.18. The number of hydrogen-bond acceptors (Lipinski definition) is 3. The molecule has 0 aliphatic carbocycles. The van der Waals surface area contributed by atoms with E-state index in [0.29, 0.717) is 13.1 Å². The van der Waals surface area contributed by atoms with Crippen LogP contribution >= 0.6 is 0 Å². The van der Waals surface area contributed by atoms with E-state index in [0.717, 1.165) is 24.2 Å². The van der Waals surface area contributed by atoms with E-state index in [-0.39, 0.29) is 0 Å². The Morgan fingerprint density at radius 1 is 0.769 bits per heavy atom. The summed E-state index contributed by atoms with van der Waals surface area (Å²) in [6.07, 6.45) is 0.342. The third kappa shape index (κ3) is 4.94. The second-order valence-electron chi connectivity index (χ2n) is 6.50. The molecule has 0 saturated heterocycles. The summed E-state index contributed by atoms with van der Waals surface area (Å²) in [4.78, 5) is 2.22. The number of hydrogen-bond donors (Lipinski definition) is 2. The molecular weight excluding hydrogens is 320 g/mol. The van der Waals surface area contributed by atoms with Crippen molar-refractivity contribution in [1.82, 2.24) is 0 Å². The first-order valence-corrected chi connectivity index (χ1v) is 9.07. The molecule has 3 N–H and O–H groups in total. The lowest BCUT2D eigenvalue weighted by Gasteiger charge is -2.28. The molecule has 0 aromatic heterocycles. The topological polar surface area (TPSA) is 49.5 Å². The van der Waals surface area contributed by atoms with E-state index in [2.05, 4.69) is 41.3 Å². The van der Waals surface area contributed by atoms with Gasteiger partial charge in [-0.1, -0.05) is 72.8 Å². The number of nitrogens with zero attached hydrogens (tertiary/aromatic N) is 1. The molecule has 3 rings (SSSR count). The molecule has 1 atom stereocenters. The van der Waals surface area contributed by atoms with Gasteiger partial charge in [0.2, 0.25) is 0 Å². The molecule has 0 aliphatic rings. The molecule has 134 valence electrons. The Bertz CT molecular complexity index is 772. The Balaban J connectivity index is 1.81. The fourth-order valence-corrected chi connectivity index (χ4v) is 3.09. The van der Waals surface area contributed by atoms with Crippen molar-refractivity contribution in [2.45, 2.75) is 19.1 Å². The van der Waals surface area contributed by atoms with Crippen molar-refractivity contribution in [3.05, 3.63) is 102 Å². The molecular formula is C23H26N2O. The van der Waals surface area contributed by atoms with E-state index in [1.165, 1.54) is 11.1 Å². The Morgan fingerprint density at radius 2 is 1.38 bits per heavy atom. The van der Waals surface area contributed by atoms with Crippen LogP contribution in [0.3, 0.4) is 0 Å². The summed E-state index contributed by atoms with van der Waals surface area (Å²) in [5.74, 6) is 0. The molecule has 3 aromatic carbocycles. The lowest BCUT2D eigenvalue weighted by atomic mass is 10.1. The highest BCUT2D eigenvalue weighted by Gasteiger charge is 2.15. The van der Waals surface area contributed by atoms with E-state index in [1.807, 2.05) is 48.5 Å². The SMILES string of the molecule is NCCc1ccc(N(Cc2ccccc2)CC(O)c2ccccc2)cc1. The Hall–Kier alpha value is -2.62. The maximum atomic E-state index is 10.7. The minimum atomic E-state index is -0.538. The summed E-state index contributed by atoms with van der Waals surface area (Å²) < 4.78 is 0. The van der Waals surface area contributed by atoms with Gasteiger partial charge in [-0.2, -0.15) is 0 Å². The van der Waals surface area contributed by atoms with Crippen LogP contribution in [0.15, 0.2) is 84.9 Å². The van der Waals surface area contributed by atoms with Crippen LogP contribution in [-0.4, -0.2) is 18.2 Å². The molecule has 0 fully saturated rings. The lowest BCUT2D eigenvalue weighted by Crippen LogP contribution is -2.28. The normalized spacial score (nSPS) is 11.9. The van der Waals surface area contributed by atoms with E-state index in [4.69, 9.17) is 5.73 Å². The number of nitrogens with two attached hydrogens (primary N) is 1. The summed E-state index contributed by atoms with van der Waals surface area (Å²) in [5.41, 5.74) is 10.1. The van der Waals surface area contributed by atoms with Crippen molar-refractivity contribution in [2.75, 3.05) is 18.0 Å². The van der Waals surface area contributed by atoms with Gasteiger partial charge in [-0.15, -0.1) is 0 Å². The maximum Gasteiger partial charge on any atom is 0.0964 e. The first-order chi connectivity index (χ1) is 12.8. The van der Waals surface area contributed by atoms with Crippen LogP contribution in [0.1, 0.15) is 22.8 Å². The van der Waals surface area contributed by atoms with Crippen LogP contribution in [0.25, 0.3) is 0 Å². The quantitative estimate of drug-likeness (QED) is 0.650. The summed E-state index contributed by atoms with van der Waals surface area (Å²) in [5, 5.41) is 10.7. The van der Waals surface area contributed by atoms with Gasteiger partial charge < -0.3 is 15.7 Å². The molecule has 0 heterocycles. The van der Waals surface area contributed by atoms with Gasteiger partial charge in [0.15, 0.2) is 0 Å². The summed E-state index contributed by atoms with van der Waals surface area (Å²) in [6, 6.07) is 28.6. The Morgan fingerprint density at radius 3 is 2.00 bits per heavy atom. The number of anilines is 1. The first kappa shape index (κ1) is 18.2. The zero-order valence-corrected chi connectivity index (χ0v) is 15.0. The van der Waals surface area contributed by atoms with Crippen LogP contribution in [-0.2, 0) is 13.0 Å². The third-order valence-corrected chi connectivity index (χ3v) is 4.53. The highest BCUT2D eigenvalue weighted by Crippen LogP contribution is 2.23. The van der Waals surface area contributed by atoms with E-state index >= 15 is 0 Å². The average Bonchev–Trinajstić information content (AvgIpc) is 2.70. The largest absolute Gasteiger partial charge is 0.387 e. The van der Waals surface area contributed by atoms with Gasteiger partial charge in [0.25, 0.3) is 0 Å². The van der Waals surface area contributed by atoms with E-state index in [9.17, 15) is 5.11 Å². The van der Waals surface area contributed by atoms with E-state index in [1.54, 1.807) is 0 Å². The highest BCUT2D eigenvalue weighted by atomic mass is 16.3. The molecule has 0 radical (unpaired) electrons. The molecule has 3 aromatic rings. The summed E-state index contributed by atoms with van der Waals surface area (Å²) in [7, 11) is 0. The number of aliphatic hydroxyl groups is 1. The minimum absolute atomic E-state index is 0.537. The van der Waals surface area contributed by atoms with Gasteiger partial charge in [-0.05, 0) is 41.8 Å². The molecule has 3 nitrogen and oxygen atoms in total. The minimum Gasteiger partial charge on any atom is -0.387 e. The standard InChI is InChI=1S/C23H26N2O/c24-16-15-19-11-13-22(14-12-19)25(17-20-7-3-1-4-8-20)18-23(26)21-9-5-2-6-10-21/h1-14,23,26H,15-18,24H2. The highest BCUT2D eigenvalue weighted by molar-refractivity contribution is 5.49. The van der Waals surface area contributed by atoms with Gasteiger partial charge in [-0.3, -0.25) is 0 Å². The van der Waals surface area contributed by atoms with Gasteiger partial charge in [0.1, 0.15) is 0 Å². The molecule has 0 aliphatic heterocycles.